The quantitative estimate of drug-likeness (QED) is 0.878. The summed E-state index contributed by atoms with van der Waals surface area (Å²) >= 11 is 0. The minimum atomic E-state index is 0.255. The Kier molecular flexibility index (Phi) is 2.64. The van der Waals surface area contributed by atoms with Crippen LogP contribution < -0.4 is 5.32 Å². The van der Waals surface area contributed by atoms with Crippen LogP contribution >= 0.6 is 0 Å². The molecule has 3 fully saturated rings. The largest absolute Gasteiger partial charge is 0.349 e. The second kappa shape index (κ2) is 4.36. The molecular weight excluding hydrogens is 234 g/mol. The molecule has 1 aromatic carbocycles. The highest BCUT2D eigenvalue weighted by Crippen LogP contribution is 2.54. The summed E-state index contributed by atoms with van der Waals surface area (Å²) in [5, 5.41) is 3.34. The molecular formula is C17H21NO. The van der Waals surface area contributed by atoms with Crippen molar-refractivity contribution >= 4 is 5.91 Å². The van der Waals surface area contributed by atoms with Crippen LogP contribution in [0.15, 0.2) is 30.3 Å². The molecule has 2 nitrogen and oxygen atoms in total. The van der Waals surface area contributed by atoms with E-state index in [-0.39, 0.29) is 6.04 Å². The molecule has 4 rings (SSSR count). The molecule has 100 valence electrons. The summed E-state index contributed by atoms with van der Waals surface area (Å²) < 4.78 is 0. The molecule has 3 atom stereocenters. The number of nitrogens with one attached hydrogen (secondary N) is 1. The van der Waals surface area contributed by atoms with E-state index in [1.54, 1.807) is 0 Å². The van der Waals surface area contributed by atoms with Crippen molar-refractivity contribution in [2.75, 3.05) is 0 Å². The first-order chi connectivity index (χ1) is 9.31. The standard InChI is InChI=1S/C17H21NO/c19-17(15-9-13-8-14(13)10-15)18-16(12-6-7-12)11-4-2-1-3-5-11/h1-5,12-16H,6-10H2,(H,18,19). The van der Waals surface area contributed by atoms with E-state index in [1.807, 2.05) is 6.07 Å². The van der Waals surface area contributed by atoms with Crippen LogP contribution in [0.4, 0.5) is 0 Å². The van der Waals surface area contributed by atoms with Crippen LogP contribution in [0.1, 0.15) is 43.7 Å². The van der Waals surface area contributed by atoms with E-state index in [4.69, 9.17) is 0 Å². The van der Waals surface area contributed by atoms with Crippen molar-refractivity contribution < 1.29 is 4.79 Å². The molecule has 2 heteroatoms. The summed E-state index contributed by atoms with van der Waals surface area (Å²) in [6.07, 6.45) is 6.19. The summed E-state index contributed by atoms with van der Waals surface area (Å²) in [7, 11) is 0. The van der Waals surface area contributed by atoms with E-state index in [0.29, 0.717) is 17.7 Å². The van der Waals surface area contributed by atoms with Gasteiger partial charge in [-0.3, -0.25) is 4.79 Å². The van der Waals surface area contributed by atoms with Gasteiger partial charge in [-0.15, -0.1) is 0 Å². The highest BCUT2D eigenvalue weighted by Gasteiger charge is 2.48. The van der Waals surface area contributed by atoms with Crippen molar-refractivity contribution in [2.45, 2.75) is 38.1 Å². The van der Waals surface area contributed by atoms with Crippen LogP contribution in [0.5, 0.6) is 0 Å². The normalized spacial score (nSPS) is 33.6. The molecule has 1 aromatic rings. The zero-order chi connectivity index (χ0) is 12.8. The van der Waals surface area contributed by atoms with Gasteiger partial charge >= 0.3 is 0 Å². The number of amides is 1. The lowest BCUT2D eigenvalue weighted by Crippen LogP contribution is -2.34. The Bertz CT molecular complexity index is 469. The fourth-order valence-corrected chi connectivity index (χ4v) is 3.76. The Morgan fingerprint density at radius 2 is 1.74 bits per heavy atom. The van der Waals surface area contributed by atoms with Crippen molar-refractivity contribution in [1.29, 1.82) is 0 Å². The number of rotatable bonds is 4. The second-order valence-electron chi connectivity index (χ2n) is 6.66. The monoisotopic (exact) mass is 255 g/mol. The third kappa shape index (κ3) is 2.29. The molecule has 0 spiro atoms. The highest BCUT2D eigenvalue weighted by atomic mass is 16.2. The number of carbonyl (C=O) groups is 1. The van der Waals surface area contributed by atoms with Crippen LogP contribution in [0.3, 0.4) is 0 Å². The molecule has 3 unspecified atom stereocenters. The first-order valence-electron chi connectivity index (χ1n) is 7.66. The van der Waals surface area contributed by atoms with Gasteiger partial charge in [-0.05, 0) is 55.4 Å². The average molecular weight is 255 g/mol. The van der Waals surface area contributed by atoms with Gasteiger partial charge in [0.2, 0.25) is 5.91 Å². The second-order valence-corrected chi connectivity index (χ2v) is 6.66. The first kappa shape index (κ1) is 11.5. The molecule has 1 amide bonds. The molecule has 0 aliphatic heterocycles. The van der Waals surface area contributed by atoms with Crippen molar-refractivity contribution in [3.8, 4) is 0 Å². The van der Waals surface area contributed by atoms with E-state index >= 15 is 0 Å². The topological polar surface area (TPSA) is 29.1 Å². The predicted octanol–water partition coefficient (Wildman–Crippen LogP) is 3.30. The molecule has 3 saturated carbocycles. The lowest BCUT2D eigenvalue weighted by molar-refractivity contribution is -0.126. The van der Waals surface area contributed by atoms with Crippen LogP contribution in [0, 0.1) is 23.7 Å². The number of hydrogen-bond donors (Lipinski definition) is 1. The highest BCUT2D eigenvalue weighted by molar-refractivity contribution is 5.79. The van der Waals surface area contributed by atoms with Gasteiger partial charge in [0.15, 0.2) is 0 Å². The van der Waals surface area contributed by atoms with E-state index in [2.05, 4.69) is 29.6 Å². The molecule has 0 bridgehead atoms. The molecule has 19 heavy (non-hydrogen) atoms. The predicted molar refractivity (Wildman–Crippen MR) is 74.4 cm³/mol. The van der Waals surface area contributed by atoms with Crippen molar-refractivity contribution in [3.63, 3.8) is 0 Å². The minimum absolute atomic E-state index is 0.255. The average Bonchev–Trinajstić information content (AvgIpc) is 3.37. The Morgan fingerprint density at radius 3 is 2.37 bits per heavy atom. The van der Waals surface area contributed by atoms with Gasteiger partial charge in [0, 0.05) is 5.92 Å². The fourth-order valence-electron chi connectivity index (χ4n) is 3.76. The third-order valence-electron chi connectivity index (χ3n) is 5.16. The van der Waals surface area contributed by atoms with Crippen molar-refractivity contribution in [3.05, 3.63) is 35.9 Å². The van der Waals surface area contributed by atoms with Crippen LogP contribution in [0.2, 0.25) is 0 Å². The SMILES string of the molecule is O=C(NC(c1ccccc1)C1CC1)C1CC2CC2C1. The zero-order valence-electron chi connectivity index (χ0n) is 11.2. The van der Waals surface area contributed by atoms with Crippen LogP contribution in [-0.2, 0) is 4.79 Å². The molecule has 0 heterocycles. The Labute approximate surface area is 114 Å². The Hall–Kier alpha value is -1.31. The lowest BCUT2D eigenvalue weighted by Gasteiger charge is -2.21. The number of carbonyl (C=O) groups excluding carboxylic acids is 1. The van der Waals surface area contributed by atoms with Gasteiger partial charge in [0.25, 0.3) is 0 Å². The van der Waals surface area contributed by atoms with Gasteiger partial charge in [-0.25, -0.2) is 0 Å². The maximum Gasteiger partial charge on any atom is 0.223 e. The maximum atomic E-state index is 12.4. The summed E-state index contributed by atoms with van der Waals surface area (Å²) in [4.78, 5) is 12.4. The molecule has 1 N–H and O–H groups in total. The number of hydrogen-bond acceptors (Lipinski definition) is 1. The number of benzene rings is 1. The summed E-state index contributed by atoms with van der Waals surface area (Å²) in [5.74, 6) is 3.04. The number of fused-ring (bicyclic) bond motifs is 1. The van der Waals surface area contributed by atoms with E-state index in [0.717, 1.165) is 24.7 Å². The minimum Gasteiger partial charge on any atom is -0.349 e. The first-order valence-corrected chi connectivity index (χ1v) is 7.66. The molecule has 0 radical (unpaired) electrons. The van der Waals surface area contributed by atoms with Crippen molar-refractivity contribution in [1.82, 2.24) is 5.32 Å². The van der Waals surface area contributed by atoms with Crippen LogP contribution in [0.25, 0.3) is 0 Å². The van der Waals surface area contributed by atoms with Gasteiger partial charge in [0.05, 0.1) is 6.04 Å². The maximum absolute atomic E-state index is 12.4. The van der Waals surface area contributed by atoms with Crippen molar-refractivity contribution in [2.24, 2.45) is 23.7 Å². The van der Waals surface area contributed by atoms with Gasteiger partial charge < -0.3 is 5.32 Å². The van der Waals surface area contributed by atoms with Gasteiger partial charge in [-0.1, -0.05) is 30.3 Å². The smallest absolute Gasteiger partial charge is 0.223 e. The summed E-state index contributed by atoms with van der Waals surface area (Å²) in [6.45, 7) is 0. The summed E-state index contributed by atoms with van der Waals surface area (Å²) in [6, 6.07) is 10.7. The lowest BCUT2D eigenvalue weighted by atomic mass is 9.98. The van der Waals surface area contributed by atoms with E-state index < -0.39 is 0 Å². The third-order valence-corrected chi connectivity index (χ3v) is 5.16. The Morgan fingerprint density at radius 1 is 1.05 bits per heavy atom. The molecule has 0 aromatic heterocycles. The summed E-state index contributed by atoms with van der Waals surface area (Å²) in [5.41, 5.74) is 1.28. The molecule has 3 aliphatic carbocycles. The van der Waals surface area contributed by atoms with Crippen LogP contribution in [-0.4, -0.2) is 5.91 Å². The van der Waals surface area contributed by atoms with Gasteiger partial charge in [-0.2, -0.15) is 0 Å². The Balaban J connectivity index is 1.45. The molecule has 0 saturated heterocycles. The fraction of sp³-hybridized carbons (Fsp3) is 0.588. The van der Waals surface area contributed by atoms with E-state index in [1.165, 1.54) is 24.8 Å². The van der Waals surface area contributed by atoms with E-state index in [9.17, 15) is 4.79 Å². The molecule has 3 aliphatic rings. The zero-order valence-corrected chi connectivity index (χ0v) is 11.2. The van der Waals surface area contributed by atoms with Gasteiger partial charge in [0.1, 0.15) is 0 Å².